The Bertz CT molecular complexity index is 2740. The molecule has 8 aromatic rings. The number of hydrogen-bond acceptors (Lipinski definition) is 3. The van der Waals surface area contributed by atoms with Crippen molar-refractivity contribution >= 4 is 33.0 Å². The number of fused-ring (bicyclic) bond motifs is 4. The average molecular weight is 840 g/mol. The van der Waals surface area contributed by atoms with E-state index in [1.54, 1.807) is 45.0 Å². The maximum Gasteiger partial charge on any atom is 0.123 e. The predicted octanol–water partition coefficient (Wildman–Crippen LogP) is 11.8. The van der Waals surface area contributed by atoms with Crippen LogP contribution >= 0.6 is 0 Å². The van der Waals surface area contributed by atoms with Crippen molar-refractivity contribution in [1.29, 1.82) is 0 Å². The molecular weight excluding hydrogens is 791 g/mol. The molecule has 0 amide bonds. The molecule has 5 aromatic carbocycles. The number of furan rings is 1. The minimum absolute atomic E-state index is 0. The number of pyridine rings is 1. The standard InChI is InChI=1S/C24H24NO.C21H17N2.Ir/c1-15-8-6-9-18-19-10-7-11-20(23(19)26-22(15)18)21-12-17(13-24(3,4)5)16(2)14-25-21;1-15-9-8-10-16(2)20(15)23-19-14-7-6-13-18(19)22-21(23)17-11-4-3-5-12-17;/h6-10,12,14H,13H2,1-5H3;3-11,13-14H,1-2H3;/q2*-1;/i1D3,2D3,13D2;;. The van der Waals surface area contributed by atoms with Crippen molar-refractivity contribution in [3.63, 3.8) is 0 Å². The molecule has 0 N–H and O–H groups in total. The SMILES string of the molecule is Cc1cccc(C)c1-n1c(-c2[c-]cccc2)nc2ccccc21.[2H]C([2H])([2H])c1cnc(-c2[c-]ccc3c2oc2c(C([2H])([2H])[2H])cccc23)cc1C([2H])([2H])C(C)(C)C.[Ir]. The molecule has 8 rings (SSSR count). The largest absolute Gasteiger partial charge is 0.500 e. The van der Waals surface area contributed by atoms with Gasteiger partial charge in [-0.1, -0.05) is 91.9 Å². The fraction of sp³-hybridized carbons (Fsp3) is 0.200. The van der Waals surface area contributed by atoms with E-state index in [0.29, 0.717) is 21.9 Å². The number of rotatable bonds is 4. The second kappa shape index (κ2) is 14.2. The van der Waals surface area contributed by atoms with Gasteiger partial charge in [0.15, 0.2) is 0 Å². The van der Waals surface area contributed by atoms with Crippen molar-refractivity contribution in [3.8, 4) is 28.3 Å². The van der Waals surface area contributed by atoms with Crippen LogP contribution in [0.5, 0.6) is 0 Å². The Labute approximate surface area is 319 Å². The third kappa shape index (κ3) is 6.81. The zero-order valence-electron chi connectivity index (χ0n) is 36.5. The van der Waals surface area contributed by atoms with Crippen molar-refractivity contribution in [2.75, 3.05) is 0 Å². The van der Waals surface area contributed by atoms with E-state index in [9.17, 15) is 0 Å². The molecule has 0 aliphatic rings. The summed E-state index contributed by atoms with van der Waals surface area (Å²) in [5.41, 5.74) is 7.15. The van der Waals surface area contributed by atoms with Gasteiger partial charge in [-0.15, -0.1) is 54.1 Å². The van der Waals surface area contributed by atoms with Crippen LogP contribution in [0.3, 0.4) is 0 Å². The van der Waals surface area contributed by atoms with E-state index in [1.165, 1.54) is 35.1 Å². The van der Waals surface area contributed by atoms with Crippen LogP contribution in [-0.4, -0.2) is 14.5 Å². The first kappa shape index (κ1) is 26.0. The van der Waals surface area contributed by atoms with Gasteiger partial charge in [-0.3, -0.25) is 4.98 Å². The number of para-hydroxylation sites is 4. The molecule has 50 heavy (non-hydrogen) atoms. The molecule has 0 atom stereocenters. The average Bonchev–Trinajstić information content (AvgIpc) is 3.73. The fourth-order valence-electron chi connectivity index (χ4n) is 6.18. The molecule has 3 aromatic heterocycles. The molecule has 5 heteroatoms. The summed E-state index contributed by atoms with van der Waals surface area (Å²) in [6.45, 7) is 4.50. The quantitative estimate of drug-likeness (QED) is 0.166. The van der Waals surface area contributed by atoms with Crippen molar-refractivity contribution in [2.24, 2.45) is 5.41 Å². The maximum atomic E-state index is 8.74. The monoisotopic (exact) mass is 840 g/mol. The summed E-state index contributed by atoms with van der Waals surface area (Å²) in [7, 11) is 0. The molecule has 0 fully saturated rings. The molecule has 0 unspecified atom stereocenters. The maximum absolute atomic E-state index is 8.74. The van der Waals surface area contributed by atoms with E-state index in [1.807, 2.05) is 24.3 Å². The smallest absolute Gasteiger partial charge is 0.123 e. The zero-order valence-corrected chi connectivity index (χ0v) is 30.9. The Morgan fingerprint density at radius 3 is 2.24 bits per heavy atom. The summed E-state index contributed by atoms with van der Waals surface area (Å²) in [6, 6.07) is 38.9. The summed E-state index contributed by atoms with van der Waals surface area (Å²) in [4.78, 5) is 9.21. The molecule has 0 bridgehead atoms. The molecule has 1 radical (unpaired) electrons. The van der Waals surface area contributed by atoms with Crippen LogP contribution < -0.4 is 0 Å². The Morgan fingerprint density at radius 2 is 1.50 bits per heavy atom. The van der Waals surface area contributed by atoms with Gasteiger partial charge in [0.05, 0.1) is 22.4 Å². The van der Waals surface area contributed by atoms with Crippen LogP contribution in [0, 0.1) is 45.1 Å². The van der Waals surface area contributed by atoms with E-state index < -0.39 is 25.5 Å². The molecule has 0 spiro atoms. The number of nitrogens with zero attached hydrogens (tertiary/aromatic N) is 3. The molecule has 3 heterocycles. The molecule has 0 aliphatic heterocycles. The minimum Gasteiger partial charge on any atom is -0.500 e. The van der Waals surface area contributed by atoms with Gasteiger partial charge in [0.2, 0.25) is 0 Å². The molecule has 0 saturated carbocycles. The Hall–Kier alpha value is -4.83. The van der Waals surface area contributed by atoms with Gasteiger partial charge in [-0.25, -0.2) is 0 Å². The number of aromatic nitrogens is 3. The van der Waals surface area contributed by atoms with Crippen LogP contribution in [0.15, 0.2) is 114 Å². The second-order valence-corrected chi connectivity index (χ2v) is 13.1. The second-order valence-electron chi connectivity index (χ2n) is 13.1. The van der Waals surface area contributed by atoms with Crippen LogP contribution in [0.2, 0.25) is 0 Å². The van der Waals surface area contributed by atoms with E-state index >= 15 is 0 Å². The van der Waals surface area contributed by atoms with E-state index in [-0.39, 0.29) is 48.1 Å². The predicted molar refractivity (Wildman–Crippen MR) is 203 cm³/mol. The zero-order chi connectivity index (χ0) is 41.1. The van der Waals surface area contributed by atoms with Crippen LogP contribution in [0.1, 0.15) is 59.6 Å². The molecule has 0 saturated heterocycles. The van der Waals surface area contributed by atoms with Gasteiger partial charge in [-0.2, -0.15) is 0 Å². The van der Waals surface area contributed by atoms with Crippen molar-refractivity contribution in [1.82, 2.24) is 14.5 Å². The molecule has 253 valence electrons. The number of benzene rings is 5. The molecule has 4 nitrogen and oxygen atoms in total. The van der Waals surface area contributed by atoms with Gasteiger partial charge >= 0.3 is 0 Å². The van der Waals surface area contributed by atoms with Gasteiger partial charge in [0.1, 0.15) is 5.58 Å². The molecule has 0 aliphatic carbocycles. The van der Waals surface area contributed by atoms with Crippen molar-refractivity contribution < 1.29 is 35.5 Å². The fourth-order valence-corrected chi connectivity index (χ4v) is 6.18. The van der Waals surface area contributed by atoms with E-state index in [2.05, 4.69) is 78.0 Å². The van der Waals surface area contributed by atoms with Crippen molar-refractivity contribution in [2.45, 2.75) is 54.7 Å². The first-order valence-electron chi connectivity index (χ1n) is 20.2. The van der Waals surface area contributed by atoms with Crippen LogP contribution in [-0.2, 0) is 26.5 Å². The number of aryl methyl sites for hydroxylation is 4. The Kier molecular flexibility index (Phi) is 7.39. The van der Waals surface area contributed by atoms with Crippen molar-refractivity contribution in [3.05, 3.63) is 149 Å². The summed E-state index contributed by atoms with van der Waals surface area (Å²) in [6.07, 6.45) is -0.797. The summed E-state index contributed by atoms with van der Waals surface area (Å²) < 4.78 is 73.0. The van der Waals surface area contributed by atoms with Gasteiger partial charge < -0.3 is 14.0 Å². The molecular formula is C45H41IrN3O-2. The Balaban J connectivity index is 0.000000206. The van der Waals surface area contributed by atoms with E-state index in [4.69, 9.17) is 20.4 Å². The van der Waals surface area contributed by atoms with Gasteiger partial charge in [0.25, 0.3) is 0 Å². The summed E-state index contributed by atoms with van der Waals surface area (Å²) in [5, 5.41) is 1.29. The third-order valence-electron chi connectivity index (χ3n) is 8.30. The number of hydrogen-bond donors (Lipinski definition) is 0. The minimum atomic E-state index is -2.55. The summed E-state index contributed by atoms with van der Waals surface area (Å²) >= 11 is 0. The number of imidazole rings is 1. The van der Waals surface area contributed by atoms with Crippen LogP contribution in [0.4, 0.5) is 0 Å². The van der Waals surface area contributed by atoms with Gasteiger partial charge in [0, 0.05) is 48.3 Å². The first-order valence-corrected chi connectivity index (χ1v) is 16.2. The summed E-state index contributed by atoms with van der Waals surface area (Å²) in [5.74, 6) is 0.934. The van der Waals surface area contributed by atoms with E-state index in [0.717, 1.165) is 22.4 Å². The van der Waals surface area contributed by atoms with Crippen LogP contribution in [0.25, 0.3) is 61.3 Å². The normalized spacial score (nSPS) is 14.6. The third-order valence-corrected chi connectivity index (χ3v) is 8.30. The first-order chi connectivity index (χ1) is 26.8. The Morgan fingerprint density at radius 1 is 0.780 bits per heavy atom. The topological polar surface area (TPSA) is 43.9 Å². The van der Waals surface area contributed by atoms with Gasteiger partial charge in [-0.05, 0) is 79.4 Å².